The SMILES string of the molecule is CC[C@@H]1CCCCN1CCCNC(=O)[C@H](CC)Oc1ccc(N(C)S(C)(=O)=O)cc1. The summed E-state index contributed by atoms with van der Waals surface area (Å²) in [6.45, 7) is 6.99. The number of piperidine rings is 1. The lowest BCUT2D eigenvalue weighted by molar-refractivity contribution is -0.128. The quantitative estimate of drug-likeness (QED) is 0.536. The van der Waals surface area contributed by atoms with Crippen LogP contribution >= 0.6 is 0 Å². The average molecular weight is 440 g/mol. The first-order valence-corrected chi connectivity index (χ1v) is 12.8. The maximum atomic E-state index is 12.5. The van der Waals surface area contributed by atoms with Crippen LogP contribution in [-0.4, -0.2) is 64.3 Å². The van der Waals surface area contributed by atoms with E-state index in [1.807, 2.05) is 6.92 Å². The molecule has 8 heteroatoms. The lowest BCUT2D eigenvalue weighted by Gasteiger charge is -2.35. The lowest BCUT2D eigenvalue weighted by atomic mass is 10.00. The summed E-state index contributed by atoms with van der Waals surface area (Å²) in [4.78, 5) is 15.1. The Labute approximate surface area is 181 Å². The number of rotatable bonds is 11. The highest BCUT2D eigenvalue weighted by molar-refractivity contribution is 7.92. The zero-order chi connectivity index (χ0) is 22.1. The fraction of sp³-hybridized carbons (Fsp3) is 0.682. The number of sulfonamides is 1. The average Bonchev–Trinajstić information content (AvgIpc) is 2.74. The zero-order valence-electron chi connectivity index (χ0n) is 18.8. The van der Waals surface area contributed by atoms with Gasteiger partial charge in [-0.3, -0.25) is 9.10 Å². The van der Waals surface area contributed by atoms with Crippen LogP contribution in [0.3, 0.4) is 0 Å². The normalized spacial score (nSPS) is 18.6. The van der Waals surface area contributed by atoms with Crippen LogP contribution in [0, 0.1) is 0 Å². The van der Waals surface area contributed by atoms with Crippen molar-refractivity contribution in [2.24, 2.45) is 0 Å². The molecule has 1 fully saturated rings. The third kappa shape index (κ3) is 7.16. The minimum atomic E-state index is -3.31. The van der Waals surface area contributed by atoms with Gasteiger partial charge in [0, 0.05) is 26.2 Å². The Hall–Kier alpha value is -1.80. The molecule has 1 aliphatic rings. The predicted octanol–water partition coefficient (Wildman–Crippen LogP) is 3.01. The summed E-state index contributed by atoms with van der Waals surface area (Å²) in [5, 5.41) is 3.00. The summed E-state index contributed by atoms with van der Waals surface area (Å²) in [6, 6.07) is 7.40. The Morgan fingerprint density at radius 2 is 1.97 bits per heavy atom. The summed E-state index contributed by atoms with van der Waals surface area (Å²) in [6.07, 6.45) is 7.15. The lowest BCUT2D eigenvalue weighted by Crippen LogP contribution is -2.42. The van der Waals surface area contributed by atoms with E-state index < -0.39 is 16.1 Å². The van der Waals surface area contributed by atoms with Crippen molar-refractivity contribution < 1.29 is 17.9 Å². The second-order valence-electron chi connectivity index (χ2n) is 7.98. The first-order valence-electron chi connectivity index (χ1n) is 11.0. The van der Waals surface area contributed by atoms with E-state index >= 15 is 0 Å². The molecule has 2 rings (SSSR count). The number of carbonyl (C=O) groups is 1. The van der Waals surface area contributed by atoms with Gasteiger partial charge in [0.15, 0.2) is 6.10 Å². The van der Waals surface area contributed by atoms with Gasteiger partial charge in [0.05, 0.1) is 11.9 Å². The minimum Gasteiger partial charge on any atom is -0.481 e. The van der Waals surface area contributed by atoms with Crippen molar-refractivity contribution in [3.63, 3.8) is 0 Å². The fourth-order valence-corrected chi connectivity index (χ4v) is 4.34. The molecule has 1 aliphatic heterocycles. The molecule has 0 aromatic heterocycles. The standard InChI is InChI=1S/C22H37N3O4S/c1-5-18-10-7-8-16-25(18)17-9-15-23-22(26)21(6-2)29-20-13-11-19(12-14-20)24(3)30(4,27)28/h11-14,18,21H,5-10,15-17H2,1-4H3,(H,23,26)/t18-,21+/m1/s1. The third-order valence-corrected chi connectivity index (χ3v) is 6.99. The van der Waals surface area contributed by atoms with Crippen molar-refractivity contribution >= 4 is 21.6 Å². The van der Waals surface area contributed by atoms with E-state index in [-0.39, 0.29) is 5.91 Å². The van der Waals surface area contributed by atoms with Gasteiger partial charge in [0.2, 0.25) is 10.0 Å². The molecular weight excluding hydrogens is 402 g/mol. The third-order valence-electron chi connectivity index (χ3n) is 5.78. The topological polar surface area (TPSA) is 79.0 Å². The fourth-order valence-electron chi connectivity index (χ4n) is 3.84. The highest BCUT2D eigenvalue weighted by Crippen LogP contribution is 2.22. The van der Waals surface area contributed by atoms with Gasteiger partial charge in [0.1, 0.15) is 5.75 Å². The molecule has 1 aromatic carbocycles. The van der Waals surface area contributed by atoms with Gasteiger partial charge in [-0.1, -0.05) is 20.3 Å². The molecule has 0 radical (unpaired) electrons. The molecule has 1 amide bonds. The van der Waals surface area contributed by atoms with Crippen LogP contribution < -0.4 is 14.4 Å². The molecule has 1 N–H and O–H groups in total. The Morgan fingerprint density at radius 1 is 1.27 bits per heavy atom. The molecule has 0 unspecified atom stereocenters. The van der Waals surface area contributed by atoms with Gasteiger partial charge in [-0.25, -0.2) is 8.42 Å². The van der Waals surface area contributed by atoms with Crippen molar-refractivity contribution in [1.82, 2.24) is 10.2 Å². The number of anilines is 1. The number of likely N-dealkylation sites (tertiary alicyclic amines) is 1. The van der Waals surface area contributed by atoms with E-state index in [4.69, 9.17) is 4.74 Å². The van der Waals surface area contributed by atoms with Crippen LogP contribution in [0.1, 0.15) is 52.4 Å². The molecule has 0 aliphatic carbocycles. The summed E-state index contributed by atoms with van der Waals surface area (Å²) in [5.41, 5.74) is 0.547. The molecule has 0 spiro atoms. The molecule has 1 saturated heterocycles. The van der Waals surface area contributed by atoms with Gasteiger partial charge in [-0.15, -0.1) is 0 Å². The maximum absolute atomic E-state index is 12.5. The Morgan fingerprint density at radius 3 is 2.57 bits per heavy atom. The molecule has 0 saturated carbocycles. The second kappa shape index (κ2) is 11.6. The number of nitrogens with zero attached hydrogens (tertiary/aromatic N) is 2. The summed E-state index contributed by atoms with van der Waals surface area (Å²) in [7, 11) is -1.81. The smallest absolute Gasteiger partial charge is 0.261 e. The number of hydrogen-bond donors (Lipinski definition) is 1. The van der Waals surface area contributed by atoms with Crippen molar-refractivity contribution in [1.29, 1.82) is 0 Å². The van der Waals surface area contributed by atoms with Gasteiger partial charge in [-0.2, -0.15) is 0 Å². The molecule has 0 bridgehead atoms. The number of nitrogens with one attached hydrogen (secondary N) is 1. The van der Waals surface area contributed by atoms with Crippen LogP contribution in [0.15, 0.2) is 24.3 Å². The van der Waals surface area contributed by atoms with E-state index in [9.17, 15) is 13.2 Å². The number of amides is 1. The van der Waals surface area contributed by atoms with Crippen molar-refractivity contribution in [3.05, 3.63) is 24.3 Å². The predicted molar refractivity (Wildman–Crippen MR) is 122 cm³/mol. The Balaban J connectivity index is 1.80. The largest absolute Gasteiger partial charge is 0.481 e. The van der Waals surface area contributed by atoms with Crippen molar-refractivity contribution in [2.75, 3.05) is 37.2 Å². The maximum Gasteiger partial charge on any atom is 0.261 e. The van der Waals surface area contributed by atoms with Crippen molar-refractivity contribution in [2.45, 2.75) is 64.5 Å². The number of carbonyl (C=O) groups excluding carboxylic acids is 1. The zero-order valence-corrected chi connectivity index (χ0v) is 19.6. The van der Waals surface area contributed by atoms with Crippen LogP contribution in [0.25, 0.3) is 0 Å². The van der Waals surface area contributed by atoms with Crippen LogP contribution in [-0.2, 0) is 14.8 Å². The van der Waals surface area contributed by atoms with Crippen molar-refractivity contribution in [3.8, 4) is 5.75 Å². The molecule has 1 aromatic rings. The van der Waals surface area contributed by atoms with E-state index in [0.29, 0.717) is 30.4 Å². The first kappa shape index (κ1) is 24.5. The highest BCUT2D eigenvalue weighted by atomic mass is 32.2. The second-order valence-corrected chi connectivity index (χ2v) is 9.99. The monoisotopic (exact) mass is 439 g/mol. The van der Waals surface area contributed by atoms with E-state index in [0.717, 1.165) is 25.8 Å². The molecule has 7 nitrogen and oxygen atoms in total. The van der Waals surface area contributed by atoms with E-state index in [1.54, 1.807) is 24.3 Å². The summed E-state index contributed by atoms with van der Waals surface area (Å²) in [5.74, 6) is 0.433. The van der Waals surface area contributed by atoms with Gasteiger partial charge < -0.3 is 15.0 Å². The first-order chi connectivity index (χ1) is 14.3. The van der Waals surface area contributed by atoms with E-state index in [1.165, 1.54) is 37.0 Å². The molecule has 1 heterocycles. The van der Waals surface area contributed by atoms with Crippen LogP contribution in [0.2, 0.25) is 0 Å². The van der Waals surface area contributed by atoms with Crippen LogP contribution in [0.5, 0.6) is 5.75 Å². The summed E-state index contributed by atoms with van der Waals surface area (Å²) < 4.78 is 30.3. The number of ether oxygens (including phenoxy) is 1. The molecule has 2 atom stereocenters. The van der Waals surface area contributed by atoms with E-state index in [2.05, 4.69) is 17.1 Å². The van der Waals surface area contributed by atoms with Gasteiger partial charge in [0.25, 0.3) is 5.91 Å². The van der Waals surface area contributed by atoms with Gasteiger partial charge in [-0.05, 0) is 62.9 Å². The number of benzene rings is 1. The van der Waals surface area contributed by atoms with Gasteiger partial charge >= 0.3 is 0 Å². The molecule has 170 valence electrons. The highest BCUT2D eigenvalue weighted by Gasteiger charge is 2.21. The number of hydrogen-bond acceptors (Lipinski definition) is 5. The summed E-state index contributed by atoms with van der Waals surface area (Å²) >= 11 is 0. The Kier molecular flexibility index (Phi) is 9.42. The molecule has 30 heavy (non-hydrogen) atoms. The van der Waals surface area contributed by atoms with Crippen LogP contribution in [0.4, 0.5) is 5.69 Å². The Bertz CT molecular complexity index is 767. The minimum absolute atomic E-state index is 0.111. The molecular formula is C22H37N3O4S.